The standard InChI is InChI=1S/C24H29ClO4/c1-13(26)24(29-14(2)27)9-6-18-17-11-20(25)19-10-16(28)5-8-23(19)7-4-15(21(17)23)12-22(18,24)3/h10-11,15,17-18,21H,4-9,12H2,1-3H3/t15-,17?,18?,21?,22-,23-,24-/m0/s1. The van der Waals surface area contributed by atoms with Crippen LogP contribution in [0.1, 0.15) is 65.7 Å². The molecule has 7 atom stereocenters. The first-order valence-electron chi connectivity index (χ1n) is 11.0. The van der Waals surface area contributed by atoms with Gasteiger partial charge in [0.25, 0.3) is 0 Å². The fourth-order valence-corrected chi connectivity index (χ4v) is 8.84. The zero-order valence-corrected chi connectivity index (χ0v) is 18.2. The van der Waals surface area contributed by atoms with Crippen molar-refractivity contribution in [2.24, 2.45) is 34.5 Å². The molecule has 5 rings (SSSR count). The van der Waals surface area contributed by atoms with Crippen LogP contribution in [-0.4, -0.2) is 23.1 Å². The minimum atomic E-state index is -1.02. The van der Waals surface area contributed by atoms with E-state index in [-0.39, 0.29) is 40.2 Å². The summed E-state index contributed by atoms with van der Waals surface area (Å²) in [7, 11) is 0. The lowest BCUT2D eigenvalue weighted by Gasteiger charge is -2.58. The molecule has 29 heavy (non-hydrogen) atoms. The number of ketones is 2. The molecule has 5 aliphatic rings. The number of hydrogen-bond acceptors (Lipinski definition) is 4. The Morgan fingerprint density at radius 3 is 2.62 bits per heavy atom. The monoisotopic (exact) mass is 416 g/mol. The fraction of sp³-hybridized carbons (Fsp3) is 0.708. The van der Waals surface area contributed by atoms with E-state index in [0.717, 1.165) is 42.7 Å². The lowest BCUT2D eigenvalue weighted by Crippen LogP contribution is -2.59. The predicted molar refractivity (Wildman–Crippen MR) is 109 cm³/mol. The van der Waals surface area contributed by atoms with E-state index in [0.29, 0.717) is 24.7 Å². The van der Waals surface area contributed by atoms with E-state index < -0.39 is 5.60 Å². The van der Waals surface area contributed by atoms with E-state index in [1.807, 2.05) is 6.08 Å². The highest BCUT2D eigenvalue weighted by molar-refractivity contribution is 6.32. The van der Waals surface area contributed by atoms with Gasteiger partial charge in [-0.3, -0.25) is 14.4 Å². The first-order valence-corrected chi connectivity index (χ1v) is 11.4. The maximum atomic E-state index is 12.9. The van der Waals surface area contributed by atoms with Crippen LogP contribution in [0.3, 0.4) is 0 Å². The van der Waals surface area contributed by atoms with Crippen LogP contribution in [0, 0.1) is 34.5 Å². The average molecular weight is 417 g/mol. The Kier molecular flexibility index (Phi) is 4.08. The van der Waals surface area contributed by atoms with E-state index >= 15 is 0 Å². The molecular weight excluding hydrogens is 388 g/mol. The van der Waals surface area contributed by atoms with Crippen LogP contribution in [0.4, 0.5) is 0 Å². The third-order valence-corrected chi connectivity index (χ3v) is 9.69. The fourth-order valence-electron chi connectivity index (χ4n) is 8.45. The van der Waals surface area contributed by atoms with Crippen LogP contribution in [0.15, 0.2) is 22.8 Å². The van der Waals surface area contributed by atoms with Crippen molar-refractivity contribution < 1.29 is 19.1 Å². The molecule has 0 aromatic rings. The molecule has 0 saturated heterocycles. The van der Waals surface area contributed by atoms with Gasteiger partial charge < -0.3 is 4.74 Å². The number of carbonyl (C=O) groups excluding carboxylic acids is 3. The zero-order valence-electron chi connectivity index (χ0n) is 17.4. The third kappa shape index (κ3) is 2.30. The Bertz CT molecular complexity index is 887. The maximum Gasteiger partial charge on any atom is 0.303 e. The molecule has 0 aliphatic heterocycles. The Morgan fingerprint density at radius 2 is 1.93 bits per heavy atom. The van der Waals surface area contributed by atoms with Crippen LogP contribution in [-0.2, 0) is 19.1 Å². The van der Waals surface area contributed by atoms with E-state index in [1.165, 1.54) is 6.92 Å². The molecule has 0 bridgehead atoms. The van der Waals surface area contributed by atoms with E-state index in [4.69, 9.17) is 16.3 Å². The second-order valence-electron chi connectivity index (χ2n) is 10.3. The SMILES string of the molecule is CC(=O)O[C@]1(C(C)=O)CCC2C3C=C(Cl)C4=CC(=O)CC[C@@]45CC[C@@H](C[C@@]21C)C35. The molecule has 3 saturated carbocycles. The van der Waals surface area contributed by atoms with Gasteiger partial charge in [-0.05, 0) is 80.8 Å². The molecular formula is C24H29ClO4. The average Bonchev–Trinajstić information content (AvgIpc) is 3.14. The number of fused-ring (bicyclic) bond motifs is 2. The molecule has 4 nitrogen and oxygen atoms in total. The van der Waals surface area contributed by atoms with Gasteiger partial charge in [0, 0.05) is 29.2 Å². The molecule has 0 aromatic carbocycles. The zero-order chi connectivity index (χ0) is 20.8. The summed E-state index contributed by atoms with van der Waals surface area (Å²) in [6.45, 7) is 5.16. The predicted octanol–water partition coefficient (Wildman–Crippen LogP) is 4.75. The van der Waals surface area contributed by atoms with Gasteiger partial charge in [-0.15, -0.1) is 0 Å². The van der Waals surface area contributed by atoms with Gasteiger partial charge >= 0.3 is 5.97 Å². The van der Waals surface area contributed by atoms with Crippen molar-refractivity contribution >= 4 is 29.1 Å². The van der Waals surface area contributed by atoms with Gasteiger partial charge in [0.1, 0.15) is 0 Å². The quantitative estimate of drug-likeness (QED) is 0.609. The number of rotatable bonds is 2. The molecule has 1 spiro atoms. The molecule has 0 heterocycles. The molecule has 0 N–H and O–H groups in total. The molecule has 156 valence electrons. The van der Waals surface area contributed by atoms with Gasteiger partial charge in [0.2, 0.25) is 0 Å². The topological polar surface area (TPSA) is 60.4 Å². The summed E-state index contributed by atoms with van der Waals surface area (Å²) in [6.07, 6.45) is 10.00. The van der Waals surface area contributed by atoms with Crippen LogP contribution in [0.25, 0.3) is 0 Å². The number of hydrogen-bond donors (Lipinski definition) is 0. The minimum absolute atomic E-state index is 0.0132. The summed E-state index contributed by atoms with van der Waals surface area (Å²) in [5.74, 6) is 1.25. The lowest BCUT2D eigenvalue weighted by atomic mass is 9.47. The summed E-state index contributed by atoms with van der Waals surface area (Å²) >= 11 is 6.80. The molecule has 0 amide bonds. The van der Waals surface area contributed by atoms with Crippen molar-refractivity contribution in [1.82, 2.24) is 0 Å². The second kappa shape index (κ2) is 6.06. The molecule has 5 aliphatic carbocycles. The first-order chi connectivity index (χ1) is 13.6. The number of halogens is 1. The molecule has 3 fully saturated rings. The van der Waals surface area contributed by atoms with E-state index in [1.54, 1.807) is 6.92 Å². The minimum Gasteiger partial charge on any atom is -0.451 e. The number of ether oxygens (including phenoxy) is 1. The first kappa shape index (κ1) is 19.5. The maximum absolute atomic E-state index is 12.9. The summed E-state index contributed by atoms with van der Waals surface area (Å²) in [5, 5.41) is 0.733. The molecule has 3 unspecified atom stereocenters. The van der Waals surface area contributed by atoms with Crippen LogP contribution in [0.5, 0.6) is 0 Å². The molecule has 0 aromatic heterocycles. The van der Waals surface area contributed by atoms with Crippen LogP contribution >= 0.6 is 11.6 Å². The van der Waals surface area contributed by atoms with Crippen molar-refractivity contribution in [1.29, 1.82) is 0 Å². The second-order valence-corrected chi connectivity index (χ2v) is 10.7. The highest BCUT2D eigenvalue weighted by Crippen LogP contribution is 2.73. The van der Waals surface area contributed by atoms with Crippen molar-refractivity contribution in [2.45, 2.75) is 71.3 Å². The number of allylic oxidation sites excluding steroid dienone is 4. The van der Waals surface area contributed by atoms with Crippen molar-refractivity contribution in [3.8, 4) is 0 Å². The Balaban J connectivity index is 1.64. The Labute approximate surface area is 177 Å². The Hall–Kier alpha value is -1.42. The summed E-state index contributed by atoms with van der Waals surface area (Å²) in [5.41, 5.74) is -0.317. The van der Waals surface area contributed by atoms with Crippen molar-refractivity contribution in [3.05, 3.63) is 22.8 Å². The molecule has 5 heteroatoms. The molecule has 0 radical (unpaired) electrons. The summed E-state index contributed by atoms with van der Waals surface area (Å²) < 4.78 is 5.87. The van der Waals surface area contributed by atoms with Gasteiger partial charge in [0.15, 0.2) is 17.2 Å². The highest BCUT2D eigenvalue weighted by Gasteiger charge is 2.71. The smallest absolute Gasteiger partial charge is 0.303 e. The van der Waals surface area contributed by atoms with Crippen molar-refractivity contribution in [3.63, 3.8) is 0 Å². The normalized spacial score (nSPS) is 47.5. The number of carbonyl (C=O) groups is 3. The largest absolute Gasteiger partial charge is 0.451 e. The number of Topliss-reactive ketones (excluding diaryl/α,β-unsaturated/α-hetero) is 1. The third-order valence-electron chi connectivity index (χ3n) is 9.36. The van der Waals surface area contributed by atoms with Crippen LogP contribution < -0.4 is 0 Å². The van der Waals surface area contributed by atoms with Gasteiger partial charge in [0.05, 0.1) is 0 Å². The number of esters is 1. The summed E-state index contributed by atoms with van der Waals surface area (Å²) in [6, 6.07) is 0. The van der Waals surface area contributed by atoms with Gasteiger partial charge in [-0.25, -0.2) is 0 Å². The van der Waals surface area contributed by atoms with E-state index in [2.05, 4.69) is 13.0 Å². The van der Waals surface area contributed by atoms with Gasteiger partial charge in [-0.2, -0.15) is 0 Å². The Morgan fingerprint density at radius 1 is 1.17 bits per heavy atom. The summed E-state index contributed by atoms with van der Waals surface area (Å²) in [4.78, 5) is 37.0. The van der Waals surface area contributed by atoms with Crippen molar-refractivity contribution in [2.75, 3.05) is 0 Å². The highest BCUT2D eigenvalue weighted by atomic mass is 35.5. The van der Waals surface area contributed by atoms with E-state index in [9.17, 15) is 14.4 Å². The van der Waals surface area contributed by atoms with Crippen LogP contribution in [0.2, 0.25) is 0 Å². The van der Waals surface area contributed by atoms with Gasteiger partial charge in [-0.1, -0.05) is 24.6 Å². The lowest BCUT2D eigenvalue weighted by molar-refractivity contribution is -0.187.